The summed E-state index contributed by atoms with van der Waals surface area (Å²) in [5, 5.41) is 5.54. The molecule has 0 bridgehead atoms. The van der Waals surface area contributed by atoms with Crippen LogP contribution in [-0.4, -0.2) is 9.78 Å². The molecule has 0 aliphatic heterocycles. The van der Waals surface area contributed by atoms with Gasteiger partial charge >= 0.3 is 0 Å². The van der Waals surface area contributed by atoms with E-state index in [-0.39, 0.29) is 0 Å². The summed E-state index contributed by atoms with van der Waals surface area (Å²) in [7, 11) is 0. The first-order valence-electron chi connectivity index (χ1n) is 5.99. The number of aromatic nitrogens is 2. The van der Waals surface area contributed by atoms with Crippen LogP contribution in [0.3, 0.4) is 0 Å². The van der Waals surface area contributed by atoms with Gasteiger partial charge in [0.1, 0.15) is 0 Å². The fourth-order valence-electron chi connectivity index (χ4n) is 2.08. The standard InChI is InChI=1S/C15H15N3/c1-11-2-4-12(5-3-11)10-18-15-8-14(16)7-6-13(15)9-17-18/h2-9H,10,16H2,1H3. The van der Waals surface area contributed by atoms with Crippen molar-refractivity contribution in [1.29, 1.82) is 0 Å². The van der Waals surface area contributed by atoms with E-state index >= 15 is 0 Å². The summed E-state index contributed by atoms with van der Waals surface area (Å²) in [5.41, 5.74) is 10.2. The van der Waals surface area contributed by atoms with Gasteiger partial charge in [0.25, 0.3) is 0 Å². The largest absolute Gasteiger partial charge is 0.399 e. The Morgan fingerprint density at radius 2 is 1.89 bits per heavy atom. The summed E-state index contributed by atoms with van der Waals surface area (Å²) in [6.45, 7) is 2.86. The van der Waals surface area contributed by atoms with E-state index in [0.717, 1.165) is 23.1 Å². The van der Waals surface area contributed by atoms with Crippen molar-refractivity contribution in [2.24, 2.45) is 0 Å². The van der Waals surface area contributed by atoms with Gasteiger partial charge in [-0.25, -0.2) is 0 Å². The molecule has 0 aliphatic rings. The van der Waals surface area contributed by atoms with Gasteiger partial charge in [-0.2, -0.15) is 5.10 Å². The number of nitrogens with zero attached hydrogens (tertiary/aromatic N) is 2. The Morgan fingerprint density at radius 1 is 1.11 bits per heavy atom. The summed E-state index contributed by atoms with van der Waals surface area (Å²) in [5.74, 6) is 0. The van der Waals surface area contributed by atoms with Gasteiger partial charge in [0.05, 0.1) is 18.3 Å². The van der Waals surface area contributed by atoms with Crippen LogP contribution in [0, 0.1) is 6.92 Å². The van der Waals surface area contributed by atoms with Crippen molar-refractivity contribution in [2.75, 3.05) is 5.73 Å². The van der Waals surface area contributed by atoms with E-state index in [4.69, 9.17) is 5.73 Å². The molecule has 3 aromatic rings. The second-order valence-corrected chi connectivity index (χ2v) is 4.61. The molecule has 3 heteroatoms. The Balaban J connectivity index is 1.99. The van der Waals surface area contributed by atoms with Crippen LogP contribution >= 0.6 is 0 Å². The number of fused-ring (bicyclic) bond motifs is 1. The van der Waals surface area contributed by atoms with E-state index in [9.17, 15) is 0 Å². The van der Waals surface area contributed by atoms with Crippen molar-refractivity contribution in [3.63, 3.8) is 0 Å². The van der Waals surface area contributed by atoms with Crippen LogP contribution in [0.4, 0.5) is 5.69 Å². The molecule has 0 radical (unpaired) electrons. The molecule has 0 fully saturated rings. The molecule has 0 saturated carbocycles. The first kappa shape index (κ1) is 10.8. The lowest BCUT2D eigenvalue weighted by molar-refractivity contribution is 0.712. The summed E-state index contributed by atoms with van der Waals surface area (Å²) in [6.07, 6.45) is 1.88. The summed E-state index contributed by atoms with van der Waals surface area (Å²) in [6, 6.07) is 14.4. The Morgan fingerprint density at radius 3 is 2.67 bits per heavy atom. The lowest BCUT2D eigenvalue weighted by Crippen LogP contribution is -2.01. The molecule has 1 aromatic heterocycles. The molecule has 0 atom stereocenters. The third-order valence-electron chi connectivity index (χ3n) is 3.12. The van der Waals surface area contributed by atoms with Crippen LogP contribution in [-0.2, 0) is 6.54 Å². The zero-order valence-corrected chi connectivity index (χ0v) is 10.3. The average molecular weight is 237 g/mol. The Hall–Kier alpha value is -2.29. The second kappa shape index (κ2) is 4.18. The van der Waals surface area contributed by atoms with Gasteiger partial charge in [-0.3, -0.25) is 4.68 Å². The van der Waals surface area contributed by atoms with E-state index in [2.05, 4.69) is 36.3 Å². The van der Waals surface area contributed by atoms with Crippen molar-refractivity contribution in [3.8, 4) is 0 Å². The highest BCUT2D eigenvalue weighted by molar-refractivity contribution is 5.81. The predicted octanol–water partition coefficient (Wildman–Crippen LogP) is 2.98. The highest BCUT2D eigenvalue weighted by atomic mass is 15.3. The van der Waals surface area contributed by atoms with E-state index in [1.165, 1.54) is 11.1 Å². The van der Waals surface area contributed by atoms with Crippen LogP contribution in [0.25, 0.3) is 10.9 Å². The van der Waals surface area contributed by atoms with Crippen LogP contribution in [0.2, 0.25) is 0 Å². The molecule has 0 aliphatic carbocycles. The molecule has 1 heterocycles. The first-order chi connectivity index (χ1) is 8.72. The number of benzene rings is 2. The normalized spacial score (nSPS) is 10.9. The third-order valence-corrected chi connectivity index (χ3v) is 3.12. The molecular weight excluding hydrogens is 222 g/mol. The Kier molecular flexibility index (Phi) is 2.52. The SMILES string of the molecule is Cc1ccc(Cn2ncc3ccc(N)cc32)cc1. The molecule has 0 spiro atoms. The van der Waals surface area contributed by atoms with Crippen molar-refractivity contribution in [1.82, 2.24) is 9.78 Å². The minimum Gasteiger partial charge on any atom is -0.399 e. The topological polar surface area (TPSA) is 43.8 Å². The van der Waals surface area contributed by atoms with Gasteiger partial charge in [0.15, 0.2) is 0 Å². The molecule has 18 heavy (non-hydrogen) atoms. The Labute approximate surface area is 106 Å². The minimum atomic E-state index is 0.771. The molecule has 0 unspecified atom stereocenters. The maximum Gasteiger partial charge on any atom is 0.0706 e. The van der Waals surface area contributed by atoms with Crippen LogP contribution in [0.1, 0.15) is 11.1 Å². The van der Waals surface area contributed by atoms with Crippen molar-refractivity contribution in [3.05, 3.63) is 59.8 Å². The van der Waals surface area contributed by atoms with E-state index in [1.54, 1.807) is 0 Å². The minimum absolute atomic E-state index is 0.771. The molecule has 2 N–H and O–H groups in total. The zero-order valence-electron chi connectivity index (χ0n) is 10.3. The number of rotatable bonds is 2. The fourth-order valence-corrected chi connectivity index (χ4v) is 2.08. The summed E-state index contributed by atoms with van der Waals surface area (Å²) in [4.78, 5) is 0. The van der Waals surface area contributed by atoms with Crippen LogP contribution in [0.5, 0.6) is 0 Å². The van der Waals surface area contributed by atoms with Gasteiger partial charge in [-0.15, -0.1) is 0 Å². The quantitative estimate of drug-likeness (QED) is 0.696. The third kappa shape index (κ3) is 1.95. The average Bonchev–Trinajstić information content (AvgIpc) is 2.75. The summed E-state index contributed by atoms with van der Waals surface area (Å²) < 4.78 is 1.98. The zero-order chi connectivity index (χ0) is 12.5. The molecule has 90 valence electrons. The molecule has 3 nitrogen and oxygen atoms in total. The van der Waals surface area contributed by atoms with E-state index in [0.29, 0.717) is 0 Å². The van der Waals surface area contributed by atoms with Crippen LogP contribution in [0.15, 0.2) is 48.7 Å². The lowest BCUT2D eigenvalue weighted by Gasteiger charge is -2.05. The highest BCUT2D eigenvalue weighted by Crippen LogP contribution is 2.18. The number of hydrogen-bond acceptors (Lipinski definition) is 2. The van der Waals surface area contributed by atoms with Gasteiger partial charge in [0.2, 0.25) is 0 Å². The van der Waals surface area contributed by atoms with E-state index < -0.39 is 0 Å². The van der Waals surface area contributed by atoms with Crippen molar-refractivity contribution in [2.45, 2.75) is 13.5 Å². The first-order valence-corrected chi connectivity index (χ1v) is 5.99. The van der Waals surface area contributed by atoms with Crippen molar-refractivity contribution < 1.29 is 0 Å². The molecule has 2 aromatic carbocycles. The van der Waals surface area contributed by atoms with Gasteiger partial charge in [-0.05, 0) is 30.7 Å². The van der Waals surface area contributed by atoms with Gasteiger partial charge < -0.3 is 5.73 Å². The number of anilines is 1. The second-order valence-electron chi connectivity index (χ2n) is 4.61. The smallest absolute Gasteiger partial charge is 0.0706 e. The highest BCUT2D eigenvalue weighted by Gasteiger charge is 2.03. The maximum atomic E-state index is 5.82. The number of nitrogen functional groups attached to an aromatic ring is 1. The van der Waals surface area contributed by atoms with E-state index in [1.807, 2.05) is 29.1 Å². The van der Waals surface area contributed by atoms with Crippen LogP contribution < -0.4 is 5.73 Å². The maximum absolute atomic E-state index is 5.82. The molecule has 3 rings (SSSR count). The number of aryl methyl sites for hydroxylation is 1. The number of hydrogen-bond donors (Lipinski definition) is 1. The summed E-state index contributed by atoms with van der Waals surface area (Å²) >= 11 is 0. The Bertz CT molecular complexity index is 681. The fraction of sp³-hybridized carbons (Fsp3) is 0.133. The number of nitrogens with two attached hydrogens (primary N) is 1. The van der Waals surface area contributed by atoms with Gasteiger partial charge in [-0.1, -0.05) is 29.8 Å². The molecule has 0 saturated heterocycles. The monoisotopic (exact) mass is 237 g/mol. The van der Waals surface area contributed by atoms with Gasteiger partial charge in [0, 0.05) is 11.1 Å². The predicted molar refractivity (Wildman–Crippen MR) is 74.4 cm³/mol. The lowest BCUT2D eigenvalue weighted by atomic mass is 10.1. The molecular formula is C15H15N3. The van der Waals surface area contributed by atoms with Crippen molar-refractivity contribution >= 4 is 16.6 Å². The molecule has 0 amide bonds.